The number of amides is 1. The van der Waals surface area contributed by atoms with Gasteiger partial charge >= 0.3 is 0 Å². The molecule has 1 N–H and O–H groups in total. The van der Waals surface area contributed by atoms with Crippen LogP contribution in [-0.2, 0) is 24.3 Å². The molecule has 1 atom stereocenters. The standard InChI is InChI=1S/C20H26N4O2/c1-16-10-21-24(11-16)13-19(25)23-9-7-20(26,15-23)14-22-8-6-17-4-2-3-5-18(17)12-22/h2-5,10-11,26H,6-9,12-15H2,1H3/t20-/m1/s1. The van der Waals surface area contributed by atoms with Crippen LogP contribution in [0.4, 0.5) is 0 Å². The summed E-state index contributed by atoms with van der Waals surface area (Å²) < 4.78 is 1.66. The molecule has 2 aliphatic rings. The first kappa shape index (κ1) is 17.2. The lowest BCUT2D eigenvalue weighted by Crippen LogP contribution is -2.47. The van der Waals surface area contributed by atoms with Crippen LogP contribution < -0.4 is 0 Å². The molecule has 2 aliphatic heterocycles. The van der Waals surface area contributed by atoms with Crippen molar-refractivity contribution in [2.75, 3.05) is 26.2 Å². The number of hydrogen-bond donors (Lipinski definition) is 1. The Balaban J connectivity index is 1.34. The predicted octanol–water partition coefficient (Wildman–Crippen LogP) is 1.21. The molecule has 6 nitrogen and oxygen atoms in total. The van der Waals surface area contributed by atoms with Crippen molar-refractivity contribution < 1.29 is 9.90 Å². The Morgan fingerprint density at radius 3 is 2.85 bits per heavy atom. The number of likely N-dealkylation sites (tertiary alicyclic amines) is 1. The van der Waals surface area contributed by atoms with Crippen molar-refractivity contribution in [3.8, 4) is 0 Å². The van der Waals surface area contributed by atoms with Crippen LogP contribution in [0.25, 0.3) is 0 Å². The highest BCUT2D eigenvalue weighted by molar-refractivity contribution is 5.76. The molecule has 0 bridgehead atoms. The molecule has 1 aromatic carbocycles. The molecule has 1 amide bonds. The van der Waals surface area contributed by atoms with Gasteiger partial charge in [0, 0.05) is 32.4 Å². The molecule has 138 valence electrons. The first-order chi connectivity index (χ1) is 12.5. The van der Waals surface area contributed by atoms with Gasteiger partial charge in [-0.2, -0.15) is 5.10 Å². The first-order valence-electron chi connectivity index (χ1n) is 9.29. The highest BCUT2D eigenvalue weighted by atomic mass is 16.3. The van der Waals surface area contributed by atoms with Gasteiger partial charge in [0.2, 0.25) is 5.91 Å². The minimum absolute atomic E-state index is 0.0213. The number of β-amino-alcohol motifs (C(OH)–C–C–N with tert-alkyl or cyclic N) is 1. The molecular formula is C20H26N4O2. The minimum atomic E-state index is -0.817. The summed E-state index contributed by atoms with van der Waals surface area (Å²) in [5.74, 6) is 0.0213. The number of carbonyl (C=O) groups is 1. The Morgan fingerprint density at radius 2 is 2.08 bits per heavy atom. The van der Waals surface area contributed by atoms with Gasteiger partial charge in [0.05, 0.1) is 18.3 Å². The van der Waals surface area contributed by atoms with E-state index in [0.717, 1.165) is 25.1 Å². The number of rotatable bonds is 4. The van der Waals surface area contributed by atoms with Crippen LogP contribution in [0.5, 0.6) is 0 Å². The van der Waals surface area contributed by atoms with Crippen LogP contribution in [0.1, 0.15) is 23.1 Å². The van der Waals surface area contributed by atoms with Crippen LogP contribution in [-0.4, -0.2) is 62.4 Å². The zero-order valence-electron chi connectivity index (χ0n) is 15.3. The summed E-state index contributed by atoms with van der Waals surface area (Å²) in [6, 6.07) is 8.52. The van der Waals surface area contributed by atoms with Gasteiger partial charge < -0.3 is 10.0 Å². The Morgan fingerprint density at radius 1 is 1.27 bits per heavy atom. The lowest BCUT2D eigenvalue weighted by Gasteiger charge is -2.34. The number of nitrogens with zero attached hydrogens (tertiary/aromatic N) is 4. The van der Waals surface area contributed by atoms with Crippen molar-refractivity contribution in [3.63, 3.8) is 0 Å². The van der Waals surface area contributed by atoms with Gasteiger partial charge in [-0.25, -0.2) is 0 Å². The van der Waals surface area contributed by atoms with Gasteiger partial charge in [-0.15, -0.1) is 0 Å². The van der Waals surface area contributed by atoms with Crippen LogP contribution in [0.2, 0.25) is 0 Å². The maximum atomic E-state index is 12.5. The van der Waals surface area contributed by atoms with Crippen LogP contribution in [0, 0.1) is 6.92 Å². The molecular weight excluding hydrogens is 328 g/mol. The lowest BCUT2D eigenvalue weighted by atomic mass is 9.97. The average molecular weight is 354 g/mol. The normalized spacial score (nSPS) is 23.2. The number of aromatic nitrogens is 2. The van der Waals surface area contributed by atoms with Gasteiger partial charge in [-0.05, 0) is 36.5 Å². The number of carbonyl (C=O) groups excluding carboxylic acids is 1. The average Bonchev–Trinajstić information content (AvgIpc) is 3.20. The summed E-state index contributed by atoms with van der Waals surface area (Å²) in [4.78, 5) is 16.6. The zero-order chi connectivity index (χ0) is 18.1. The van der Waals surface area contributed by atoms with E-state index in [1.54, 1.807) is 15.8 Å². The van der Waals surface area contributed by atoms with Crippen molar-refractivity contribution in [1.82, 2.24) is 19.6 Å². The molecule has 0 saturated carbocycles. The molecule has 1 fully saturated rings. The van der Waals surface area contributed by atoms with Crippen molar-refractivity contribution in [2.24, 2.45) is 0 Å². The van der Waals surface area contributed by atoms with E-state index in [1.165, 1.54) is 11.1 Å². The molecule has 2 aromatic rings. The first-order valence-corrected chi connectivity index (χ1v) is 9.29. The van der Waals surface area contributed by atoms with Crippen LogP contribution in [0.3, 0.4) is 0 Å². The second-order valence-corrected chi connectivity index (χ2v) is 7.73. The number of fused-ring (bicyclic) bond motifs is 1. The van der Waals surface area contributed by atoms with Crippen molar-refractivity contribution in [1.29, 1.82) is 0 Å². The van der Waals surface area contributed by atoms with E-state index >= 15 is 0 Å². The van der Waals surface area contributed by atoms with E-state index < -0.39 is 5.60 Å². The molecule has 6 heteroatoms. The Bertz CT molecular complexity index is 803. The third kappa shape index (κ3) is 3.66. The summed E-state index contributed by atoms with van der Waals surface area (Å²) in [6.07, 6.45) is 5.27. The summed E-state index contributed by atoms with van der Waals surface area (Å²) in [5.41, 5.74) is 2.99. The Labute approximate surface area is 154 Å². The van der Waals surface area contributed by atoms with Gasteiger partial charge in [0.1, 0.15) is 6.54 Å². The summed E-state index contributed by atoms with van der Waals surface area (Å²) in [7, 11) is 0. The maximum absolute atomic E-state index is 12.5. The Hall–Kier alpha value is -2.18. The summed E-state index contributed by atoms with van der Waals surface area (Å²) >= 11 is 0. The SMILES string of the molecule is Cc1cnn(CC(=O)N2CC[C@@](O)(CN3CCc4ccccc4C3)C2)c1. The minimum Gasteiger partial charge on any atom is -0.387 e. The number of benzene rings is 1. The molecule has 3 heterocycles. The van der Waals surface area contributed by atoms with E-state index in [9.17, 15) is 9.90 Å². The van der Waals surface area contributed by atoms with E-state index in [4.69, 9.17) is 0 Å². The largest absolute Gasteiger partial charge is 0.387 e. The lowest BCUT2D eigenvalue weighted by molar-refractivity contribution is -0.132. The van der Waals surface area contributed by atoms with Crippen molar-refractivity contribution >= 4 is 5.91 Å². The third-order valence-corrected chi connectivity index (χ3v) is 5.47. The van der Waals surface area contributed by atoms with Crippen molar-refractivity contribution in [2.45, 2.75) is 38.5 Å². The second kappa shape index (κ2) is 6.85. The smallest absolute Gasteiger partial charge is 0.244 e. The zero-order valence-corrected chi connectivity index (χ0v) is 15.3. The molecule has 0 spiro atoms. The van der Waals surface area contributed by atoms with Crippen LogP contribution >= 0.6 is 0 Å². The fourth-order valence-corrected chi connectivity index (χ4v) is 4.10. The quantitative estimate of drug-likeness (QED) is 0.897. The molecule has 0 aliphatic carbocycles. The van der Waals surface area contributed by atoms with Crippen molar-refractivity contribution in [3.05, 3.63) is 53.3 Å². The van der Waals surface area contributed by atoms with E-state index in [-0.39, 0.29) is 12.5 Å². The number of aryl methyl sites for hydroxylation is 1. The fraction of sp³-hybridized carbons (Fsp3) is 0.500. The highest BCUT2D eigenvalue weighted by Crippen LogP contribution is 2.26. The van der Waals surface area contributed by atoms with E-state index in [0.29, 0.717) is 26.1 Å². The van der Waals surface area contributed by atoms with Gasteiger partial charge in [0.15, 0.2) is 0 Å². The summed E-state index contributed by atoms with van der Waals surface area (Å²) in [6.45, 7) is 5.66. The molecule has 0 unspecified atom stereocenters. The molecule has 0 radical (unpaired) electrons. The molecule has 26 heavy (non-hydrogen) atoms. The van der Waals surface area contributed by atoms with Gasteiger partial charge in [0.25, 0.3) is 0 Å². The monoisotopic (exact) mass is 354 g/mol. The molecule has 4 rings (SSSR count). The van der Waals surface area contributed by atoms with E-state index in [2.05, 4.69) is 34.3 Å². The Kier molecular flexibility index (Phi) is 4.54. The van der Waals surface area contributed by atoms with Gasteiger partial charge in [-0.1, -0.05) is 24.3 Å². The fourth-order valence-electron chi connectivity index (χ4n) is 4.10. The number of hydrogen-bond acceptors (Lipinski definition) is 4. The molecule has 1 aromatic heterocycles. The maximum Gasteiger partial charge on any atom is 0.244 e. The van der Waals surface area contributed by atoms with E-state index in [1.807, 2.05) is 13.1 Å². The topological polar surface area (TPSA) is 61.6 Å². The highest BCUT2D eigenvalue weighted by Gasteiger charge is 2.39. The van der Waals surface area contributed by atoms with Crippen LogP contribution in [0.15, 0.2) is 36.7 Å². The molecule has 1 saturated heterocycles. The second-order valence-electron chi connectivity index (χ2n) is 7.73. The third-order valence-electron chi connectivity index (χ3n) is 5.47. The predicted molar refractivity (Wildman–Crippen MR) is 98.5 cm³/mol. The number of aliphatic hydroxyl groups is 1. The van der Waals surface area contributed by atoms with Gasteiger partial charge in [-0.3, -0.25) is 14.4 Å². The summed E-state index contributed by atoms with van der Waals surface area (Å²) in [5, 5.41) is 15.2.